The molecule has 21 heavy (non-hydrogen) atoms. The number of hydrogen-bond acceptors (Lipinski definition) is 5. The number of nitrogens with one attached hydrogen (secondary N) is 1. The Morgan fingerprint density at radius 1 is 1.48 bits per heavy atom. The molecule has 6 nitrogen and oxygen atoms in total. The Kier molecular flexibility index (Phi) is 4.66. The molecule has 2 aromatic rings. The number of aliphatic hydroxyl groups is 1. The van der Waals surface area contributed by atoms with Crippen molar-refractivity contribution in [2.75, 3.05) is 6.54 Å². The van der Waals surface area contributed by atoms with Crippen LogP contribution in [-0.4, -0.2) is 22.5 Å². The van der Waals surface area contributed by atoms with Crippen LogP contribution < -0.4 is 5.32 Å². The molecule has 2 rings (SSSR count). The molecule has 1 atom stereocenters. The predicted octanol–water partition coefficient (Wildman–Crippen LogP) is 2.43. The maximum absolute atomic E-state index is 12.0. The lowest BCUT2D eigenvalue weighted by molar-refractivity contribution is -0.384. The van der Waals surface area contributed by atoms with Gasteiger partial charge in [0.2, 0.25) is 0 Å². The Morgan fingerprint density at radius 2 is 2.24 bits per heavy atom. The summed E-state index contributed by atoms with van der Waals surface area (Å²) in [4.78, 5) is 22.3. The van der Waals surface area contributed by atoms with E-state index < -0.39 is 16.9 Å². The van der Waals surface area contributed by atoms with Gasteiger partial charge in [0, 0.05) is 24.2 Å². The largest absolute Gasteiger partial charge is 0.387 e. The molecule has 0 bridgehead atoms. The number of rotatable bonds is 5. The van der Waals surface area contributed by atoms with Gasteiger partial charge in [0.25, 0.3) is 11.6 Å². The third-order valence-electron chi connectivity index (χ3n) is 2.92. The van der Waals surface area contributed by atoms with Gasteiger partial charge in [0.1, 0.15) is 0 Å². The van der Waals surface area contributed by atoms with Crippen LogP contribution in [0, 0.1) is 17.0 Å². The van der Waals surface area contributed by atoms with Crippen LogP contribution in [0.5, 0.6) is 0 Å². The predicted molar refractivity (Wildman–Crippen MR) is 79.4 cm³/mol. The number of carbonyl (C=O) groups is 1. The Hall–Kier alpha value is -2.25. The molecular weight excluding hydrogens is 292 g/mol. The van der Waals surface area contributed by atoms with E-state index in [0.29, 0.717) is 5.56 Å². The van der Waals surface area contributed by atoms with Crippen LogP contribution in [-0.2, 0) is 0 Å². The highest BCUT2D eigenvalue weighted by Gasteiger charge is 2.15. The lowest BCUT2D eigenvalue weighted by Gasteiger charge is -2.11. The fourth-order valence-corrected chi connectivity index (χ4v) is 2.58. The van der Waals surface area contributed by atoms with Gasteiger partial charge in [-0.1, -0.05) is 0 Å². The number of amides is 1. The van der Waals surface area contributed by atoms with Gasteiger partial charge in [-0.3, -0.25) is 14.9 Å². The number of aliphatic hydroxyl groups excluding tert-OH is 1. The Labute approximate surface area is 125 Å². The van der Waals surface area contributed by atoms with E-state index in [1.807, 2.05) is 5.38 Å². The fourth-order valence-electron chi connectivity index (χ4n) is 1.87. The molecule has 1 heterocycles. The molecular formula is C14H14N2O4S. The number of nitro benzene ring substituents is 1. The quantitative estimate of drug-likeness (QED) is 0.655. The number of benzene rings is 1. The molecule has 1 aromatic carbocycles. The molecule has 0 aliphatic carbocycles. The monoisotopic (exact) mass is 306 g/mol. The lowest BCUT2D eigenvalue weighted by atomic mass is 10.1. The Bertz CT molecular complexity index is 655. The minimum Gasteiger partial charge on any atom is -0.387 e. The summed E-state index contributed by atoms with van der Waals surface area (Å²) in [5.74, 6) is -0.448. The topological polar surface area (TPSA) is 92.5 Å². The molecule has 1 amide bonds. The van der Waals surface area contributed by atoms with Crippen molar-refractivity contribution < 1.29 is 14.8 Å². The zero-order chi connectivity index (χ0) is 15.4. The van der Waals surface area contributed by atoms with Crippen LogP contribution in [0.2, 0.25) is 0 Å². The fraction of sp³-hybridized carbons (Fsp3) is 0.214. The van der Waals surface area contributed by atoms with Gasteiger partial charge in [0.15, 0.2) is 0 Å². The van der Waals surface area contributed by atoms with Gasteiger partial charge in [-0.25, -0.2) is 0 Å². The summed E-state index contributed by atoms with van der Waals surface area (Å²) in [5.41, 5.74) is 1.45. The van der Waals surface area contributed by atoms with Gasteiger partial charge >= 0.3 is 0 Å². The van der Waals surface area contributed by atoms with Gasteiger partial charge in [-0.05, 0) is 40.9 Å². The summed E-state index contributed by atoms with van der Waals surface area (Å²) >= 11 is 1.46. The highest BCUT2D eigenvalue weighted by atomic mass is 32.1. The number of nitro groups is 1. The first-order chi connectivity index (χ1) is 9.97. The first kappa shape index (κ1) is 15.1. The highest BCUT2D eigenvalue weighted by Crippen LogP contribution is 2.18. The second-order valence-corrected chi connectivity index (χ2v) is 5.38. The van der Waals surface area contributed by atoms with E-state index >= 15 is 0 Å². The van der Waals surface area contributed by atoms with Crippen molar-refractivity contribution in [2.45, 2.75) is 13.0 Å². The van der Waals surface area contributed by atoms with Crippen molar-refractivity contribution in [1.82, 2.24) is 5.32 Å². The zero-order valence-electron chi connectivity index (χ0n) is 11.3. The van der Waals surface area contributed by atoms with Crippen LogP contribution in [0.25, 0.3) is 0 Å². The summed E-state index contributed by atoms with van der Waals surface area (Å²) in [6, 6.07) is 5.97. The highest BCUT2D eigenvalue weighted by molar-refractivity contribution is 7.07. The SMILES string of the molecule is Cc1cc(C(=O)NCC(O)c2ccsc2)cc([N+](=O)[O-])c1. The van der Waals surface area contributed by atoms with E-state index in [0.717, 1.165) is 5.56 Å². The van der Waals surface area contributed by atoms with Crippen molar-refractivity contribution in [3.05, 3.63) is 61.8 Å². The number of non-ortho nitro benzene ring substituents is 1. The molecule has 0 aliphatic rings. The molecule has 0 spiro atoms. The molecule has 0 saturated carbocycles. The van der Waals surface area contributed by atoms with E-state index in [4.69, 9.17) is 0 Å². The first-order valence-corrected chi connectivity index (χ1v) is 7.16. The molecule has 0 fully saturated rings. The van der Waals surface area contributed by atoms with Crippen molar-refractivity contribution in [3.8, 4) is 0 Å². The molecule has 0 aliphatic heterocycles. The van der Waals surface area contributed by atoms with Crippen LogP contribution in [0.4, 0.5) is 5.69 Å². The van der Waals surface area contributed by atoms with E-state index in [-0.39, 0.29) is 17.8 Å². The molecule has 1 aromatic heterocycles. The van der Waals surface area contributed by atoms with Gasteiger partial charge < -0.3 is 10.4 Å². The second kappa shape index (κ2) is 6.47. The van der Waals surface area contributed by atoms with E-state index in [2.05, 4.69) is 5.32 Å². The number of hydrogen-bond donors (Lipinski definition) is 2. The van der Waals surface area contributed by atoms with Crippen LogP contribution in [0.15, 0.2) is 35.0 Å². The molecule has 0 radical (unpaired) electrons. The van der Waals surface area contributed by atoms with Crippen molar-refractivity contribution in [1.29, 1.82) is 0 Å². The third-order valence-corrected chi connectivity index (χ3v) is 3.62. The normalized spacial score (nSPS) is 11.9. The summed E-state index contributed by atoms with van der Waals surface area (Å²) < 4.78 is 0. The number of thiophene rings is 1. The van der Waals surface area contributed by atoms with Gasteiger partial charge in [-0.2, -0.15) is 11.3 Å². The van der Waals surface area contributed by atoms with E-state index in [1.54, 1.807) is 24.4 Å². The third kappa shape index (κ3) is 3.87. The van der Waals surface area contributed by atoms with Crippen molar-refractivity contribution in [2.24, 2.45) is 0 Å². The summed E-state index contributed by atoms with van der Waals surface area (Å²) in [6.45, 7) is 1.74. The minimum atomic E-state index is -0.792. The standard InChI is InChI=1S/C14H14N2O4S/c1-9-4-11(6-12(5-9)16(19)20)14(18)15-7-13(17)10-2-3-21-8-10/h2-6,8,13,17H,7H2,1H3,(H,15,18). The van der Waals surface area contributed by atoms with Crippen molar-refractivity contribution >= 4 is 22.9 Å². The smallest absolute Gasteiger partial charge is 0.270 e. The number of aryl methyl sites for hydroxylation is 1. The Balaban J connectivity index is 2.05. The van der Waals surface area contributed by atoms with Crippen LogP contribution in [0.3, 0.4) is 0 Å². The summed E-state index contributed by atoms with van der Waals surface area (Å²) in [6.07, 6.45) is -0.792. The van der Waals surface area contributed by atoms with Crippen molar-refractivity contribution in [3.63, 3.8) is 0 Å². The van der Waals surface area contributed by atoms with E-state index in [1.165, 1.54) is 23.5 Å². The molecule has 2 N–H and O–H groups in total. The zero-order valence-corrected chi connectivity index (χ0v) is 12.1. The van der Waals surface area contributed by atoms with Crippen LogP contribution in [0.1, 0.15) is 27.6 Å². The van der Waals surface area contributed by atoms with Gasteiger partial charge in [0.05, 0.1) is 11.0 Å². The first-order valence-electron chi connectivity index (χ1n) is 6.22. The maximum Gasteiger partial charge on any atom is 0.270 e. The van der Waals surface area contributed by atoms with Crippen LogP contribution >= 0.6 is 11.3 Å². The molecule has 0 saturated heterocycles. The maximum atomic E-state index is 12.0. The minimum absolute atomic E-state index is 0.0529. The number of nitrogens with zero attached hydrogens (tertiary/aromatic N) is 1. The molecule has 1 unspecified atom stereocenters. The molecule has 7 heteroatoms. The average molecular weight is 306 g/mol. The summed E-state index contributed by atoms with van der Waals surface area (Å²) in [5, 5.41) is 26.9. The Morgan fingerprint density at radius 3 is 2.86 bits per heavy atom. The van der Waals surface area contributed by atoms with E-state index in [9.17, 15) is 20.0 Å². The van der Waals surface area contributed by atoms with Gasteiger partial charge in [-0.15, -0.1) is 0 Å². The summed E-state index contributed by atoms with van der Waals surface area (Å²) in [7, 11) is 0. The average Bonchev–Trinajstić information content (AvgIpc) is 2.97. The second-order valence-electron chi connectivity index (χ2n) is 4.60. The lowest BCUT2D eigenvalue weighted by Crippen LogP contribution is -2.28. The molecule has 110 valence electrons. The number of carbonyl (C=O) groups excluding carboxylic acids is 1.